The van der Waals surface area contributed by atoms with Crippen molar-refractivity contribution in [2.75, 3.05) is 7.11 Å². The van der Waals surface area contributed by atoms with Crippen LogP contribution in [0.25, 0.3) is 0 Å². The zero-order chi connectivity index (χ0) is 12.2. The zero-order valence-electron chi connectivity index (χ0n) is 9.90. The van der Waals surface area contributed by atoms with Gasteiger partial charge in [0.15, 0.2) is 0 Å². The predicted octanol–water partition coefficient (Wildman–Crippen LogP) is 0.701. The number of hydrogen-bond acceptors (Lipinski definition) is 4. The van der Waals surface area contributed by atoms with Crippen LogP contribution in [0.4, 0.5) is 0 Å². The number of fused-ring (bicyclic) bond motifs is 2. The van der Waals surface area contributed by atoms with Gasteiger partial charge in [-0.05, 0) is 26.2 Å². The van der Waals surface area contributed by atoms with Gasteiger partial charge in [-0.15, -0.1) is 0 Å². The van der Waals surface area contributed by atoms with Crippen LogP contribution in [0.15, 0.2) is 10.9 Å². The number of carbonyl (C=O) groups is 1. The molecule has 1 atom stereocenters. The van der Waals surface area contributed by atoms with E-state index in [1.807, 2.05) is 6.92 Å². The monoisotopic (exact) mass is 234 g/mol. The Morgan fingerprint density at radius 3 is 2.88 bits per heavy atom. The third kappa shape index (κ3) is 1.34. The number of aryl methyl sites for hydroxylation is 1. The molecule has 5 heteroatoms. The van der Waals surface area contributed by atoms with Gasteiger partial charge in [0.2, 0.25) is 0 Å². The van der Waals surface area contributed by atoms with Gasteiger partial charge in [-0.3, -0.25) is 9.36 Å². The highest BCUT2D eigenvalue weighted by Gasteiger charge is 2.56. The van der Waals surface area contributed by atoms with Gasteiger partial charge in [0.25, 0.3) is 5.56 Å². The minimum absolute atomic E-state index is 0.0377. The molecule has 2 aliphatic rings. The predicted molar refractivity (Wildman–Crippen MR) is 59.8 cm³/mol. The number of aromatic nitrogens is 2. The number of ether oxygens (including phenoxy) is 1. The summed E-state index contributed by atoms with van der Waals surface area (Å²) in [5.74, 6) is 0.431. The molecule has 0 N–H and O–H groups in total. The maximum atomic E-state index is 12.0. The van der Waals surface area contributed by atoms with Gasteiger partial charge >= 0.3 is 5.97 Å². The molecule has 1 aromatic heterocycles. The Labute approximate surface area is 98.4 Å². The lowest BCUT2D eigenvalue weighted by atomic mass is 10.0. The number of nitrogens with zero attached hydrogens (tertiary/aromatic N) is 2. The van der Waals surface area contributed by atoms with Crippen LogP contribution in [-0.2, 0) is 14.9 Å². The molecule has 1 spiro atoms. The van der Waals surface area contributed by atoms with Crippen LogP contribution in [0.5, 0.6) is 0 Å². The zero-order valence-corrected chi connectivity index (χ0v) is 9.90. The van der Waals surface area contributed by atoms with E-state index < -0.39 is 6.04 Å². The fourth-order valence-electron chi connectivity index (χ4n) is 2.74. The number of carbonyl (C=O) groups excluding carboxylic acids is 1. The van der Waals surface area contributed by atoms with Gasteiger partial charge in [0.05, 0.1) is 7.11 Å². The molecule has 90 valence electrons. The SMILES string of the molecule is COC(=O)[C@@H]1CC2(CC2)c2nc(C)cc(=O)n21. The molecule has 0 bridgehead atoms. The highest BCUT2D eigenvalue weighted by atomic mass is 16.5. The van der Waals surface area contributed by atoms with Crippen molar-refractivity contribution < 1.29 is 9.53 Å². The number of rotatable bonds is 1. The van der Waals surface area contributed by atoms with Crippen LogP contribution < -0.4 is 5.56 Å². The third-order valence-corrected chi connectivity index (χ3v) is 3.78. The highest BCUT2D eigenvalue weighted by Crippen LogP contribution is 2.56. The molecule has 17 heavy (non-hydrogen) atoms. The van der Waals surface area contributed by atoms with Gasteiger partial charge in [-0.25, -0.2) is 9.78 Å². The van der Waals surface area contributed by atoms with E-state index in [0.717, 1.165) is 24.4 Å². The van der Waals surface area contributed by atoms with Crippen LogP contribution in [0.3, 0.4) is 0 Å². The molecule has 1 aliphatic heterocycles. The maximum Gasteiger partial charge on any atom is 0.329 e. The summed E-state index contributed by atoms with van der Waals surface area (Å²) in [5, 5.41) is 0. The van der Waals surface area contributed by atoms with E-state index in [-0.39, 0.29) is 16.9 Å². The van der Waals surface area contributed by atoms with Crippen molar-refractivity contribution >= 4 is 5.97 Å². The van der Waals surface area contributed by atoms with Crippen LogP contribution in [-0.4, -0.2) is 22.6 Å². The lowest BCUT2D eigenvalue weighted by Gasteiger charge is -2.11. The van der Waals surface area contributed by atoms with E-state index in [0.29, 0.717) is 6.42 Å². The molecule has 0 amide bonds. The average molecular weight is 234 g/mol. The first-order chi connectivity index (χ1) is 8.07. The summed E-state index contributed by atoms with van der Waals surface area (Å²) < 4.78 is 6.29. The molecular formula is C12H14N2O3. The summed E-state index contributed by atoms with van der Waals surface area (Å²) in [5.41, 5.74) is 0.536. The van der Waals surface area contributed by atoms with Crippen LogP contribution in [0.1, 0.15) is 36.8 Å². The fourth-order valence-corrected chi connectivity index (χ4v) is 2.74. The second-order valence-electron chi connectivity index (χ2n) is 4.95. The third-order valence-electron chi connectivity index (χ3n) is 3.78. The smallest absolute Gasteiger partial charge is 0.329 e. The molecule has 0 unspecified atom stereocenters. The van der Waals surface area contributed by atoms with Crippen LogP contribution >= 0.6 is 0 Å². The van der Waals surface area contributed by atoms with Crippen molar-refractivity contribution in [1.82, 2.24) is 9.55 Å². The largest absolute Gasteiger partial charge is 0.467 e. The molecule has 0 saturated heterocycles. The van der Waals surface area contributed by atoms with Crippen LogP contribution in [0.2, 0.25) is 0 Å². The first kappa shape index (κ1) is 10.5. The molecule has 1 saturated carbocycles. The van der Waals surface area contributed by atoms with E-state index in [9.17, 15) is 9.59 Å². The Kier molecular flexibility index (Phi) is 1.97. The molecular weight excluding hydrogens is 220 g/mol. The van der Waals surface area contributed by atoms with Gasteiger partial charge in [0.1, 0.15) is 11.9 Å². The summed E-state index contributed by atoms with van der Waals surface area (Å²) in [6, 6.07) is 0.985. The maximum absolute atomic E-state index is 12.0. The lowest BCUT2D eigenvalue weighted by Crippen LogP contribution is -2.29. The lowest BCUT2D eigenvalue weighted by molar-refractivity contribution is -0.144. The van der Waals surface area contributed by atoms with Crippen LogP contribution in [0, 0.1) is 6.92 Å². The molecule has 1 aliphatic carbocycles. The number of methoxy groups -OCH3 is 1. The Morgan fingerprint density at radius 1 is 1.59 bits per heavy atom. The minimum atomic E-state index is -0.488. The summed E-state index contributed by atoms with van der Waals surface area (Å²) in [6.45, 7) is 1.81. The van der Waals surface area contributed by atoms with E-state index in [1.165, 1.54) is 17.7 Å². The van der Waals surface area contributed by atoms with E-state index in [2.05, 4.69) is 4.98 Å². The molecule has 5 nitrogen and oxygen atoms in total. The highest BCUT2D eigenvalue weighted by molar-refractivity contribution is 5.75. The molecule has 1 aromatic rings. The van der Waals surface area contributed by atoms with E-state index in [1.54, 1.807) is 0 Å². The first-order valence-electron chi connectivity index (χ1n) is 5.76. The van der Waals surface area contributed by atoms with Crippen molar-refractivity contribution in [1.29, 1.82) is 0 Å². The van der Waals surface area contributed by atoms with Crippen molar-refractivity contribution in [3.05, 3.63) is 27.9 Å². The van der Waals surface area contributed by atoms with Gasteiger partial charge in [0, 0.05) is 17.2 Å². The molecule has 0 radical (unpaired) electrons. The van der Waals surface area contributed by atoms with Gasteiger partial charge in [-0.1, -0.05) is 0 Å². The van der Waals surface area contributed by atoms with Crippen molar-refractivity contribution in [2.45, 2.75) is 37.6 Å². The summed E-state index contributed by atoms with van der Waals surface area (Å²) in [4.78, 5) is 28.2. The number of hydrogen-bond donors (Lipinski definition) is 0. The second-order valence-corrected chi connectivity index (χ2v) is 4.95. The fraction of sp³-hybridized carbons (Fsp3) is 0.583. The Bertz CT molecular complexity index is 557. The molecule has 0 aromatic carbocycles. The Hall–Kier alpha value is -1.65. The van der Waals surface area contributed by atoms with Gasteiger partial charge < -0.3 is 4.74 Å². The van der Waals surface area contributed by atoms with Crippen molar-refractivity contribution in [2.24, 2.45) is 0 Å². The quantitative estimate of drug-likeness (QED) is 0.671. The molecule has 1 fully saturated rings. The number of esters is 1. The summed E-state index contributed by atoms with van der Waals surface area (Å²) in [7, 11) is 1.35. The second kappa shape index (κ2) is 3.18. The van der Waals surface area contributed by atoms with Crippen molar-refractivity contribution in [3.63, 3.8) is 0 Å². The van der Waals surface area contributed by atoms with Gasteiger partial charge in [-0.2, -0.15) is 0 Å². The van der Waals surface area contributed by atoms with Crippen molar-refractivity contribution in [3.8, 4) is 0 Å². The standard InChI is InChI=1S/C12H14N2O3/c1-7-5-9(15)14-8(10(16)17-2)6-12(3-4-12)11(14)13-7/h5,8H,3-4,6H2,1-2H3/t8-/m0/s1. The van der Waals surface area contributed by atoms with E-state index in [4.69, 9.17) is 4.74 Å². The topological polar surface area (TPSA) is 61.2 Å². The summed E-state index contributed by atoms with van der Waals surface area (Å²) >= 11 is 0. The molecule has 2 heterocycles. The minimum Gasteiger partial charge on any atom is -0.467 e. The van der Waals surface area contributed by atoms with E-state index >= 15 is 0 Å². The normalized spacial score (nSPS) is 23.5. The average Bonchev–Trinajstić information content (AvgIpc) is 2.98. The Morgan fingerprint density at radius 2 is 2.29 bits per heavy atom. The first-order valence-corrected chi connectivity index (χ1v) is 5.76. The molecule has 3 rings (SSSR count). The summed E-state index contributed by atoms with van der Waals surface area (Å²) in [6.07, 6.45) is 2.68. The Balaban J connectivity index is 2.19.